The van der Waals surface area contributed by atoms with Crippen molar-refractivity contribution in [2.24, 2.45) is 0 Å². The van der Waals surface area contributed by atoms with E-state index in [2.05, 4.69) is 15.9 Å². The van der Waals surface area contributed by atoms with Crippen molar-refractivity contribution in [3.63, 3.8) is 0 Å². The lowest BCUT2D eigenvalue weighted by atomic mass is 10.1. The molecule has 9 heteroatoms. The Morgan fingerprint density at radius 3 is 2.50 bits per heavy atom. The number of hydrogen-bond donors (Lipinski definition) is 0. The van der Waals surface area contributed by atoms with Crippen molar-refractivity contribution in [2.75, 3.05) is 6.54 Å². The van der Waals surface area contributed by atoms with Crippen molar-refractivity contribution in [2.45, 2.75) is 6.61 Å². The predicted octanol–water partition coefficient (Wildman–Crippen LogP) is 7.25. The van der Waals surface area contributed by atoms with Crippen LogP contribution in [0.5, 0.6) is 5.75 Å². The average Bonchev–Trinajstić information content (AvgIpc) is 3.07. The van der Waals surface area contributed by atoms with Crippen LogP contribution in [0, 0.1) is 0 Å². The van der Waals surface area contributed by atoms with Gasteiger partial charge < -0.3 is 4.74 Å². The summed E-state index contributed by atoms with van der Waals surface area (Å²) in [4.78, 5) is 38.8. The molecule has 1 fully saturated rings. The van der Waals surface area contributed by atoms with E-state index < -0.39 is 11.1 Å². The molecule has 4 rings (SSSR count). The van der Waals surface area contributed by atoms with Crippen LogP contribution in [0.4, 0.5) is 4.79 Å². The van der Waals surface area contributed by atoms with Crippen LogP contribution in [0.25, 0.3) is 6.08 Å². The summed E-state index contributed by atoms with van der Waals surface area (Å²) in [6, 6.07) is 19.1. The smallest absolute Gasteiger partial charge is 0.293 e. The third kappa shape index (κ3) is 5.73. The zero-order valence-corrected chi connectivity index (χ0v) is 21.4. The molecule has 0 aliphatic carbocycles. The Hall–Kier alpha value is -2.58. The third-order valence-electron chi connectivity index (χ3n) is 4.92. The van der Waals surface area contributed by atoms with Crippen LogP contribution in [0.3, 0.4) is 0 Å². The van der Waals surface area contributed by atoms with Crippen molar-refractivity contribution in [1.29, 1.82) is 0 Å². The summed E-state index contributed by atoms with van der Waals surface area (Å²) < 4.78 is 6.51. The molecule has 2 amide bonds. The number of rotatable bonds is 7. The molecule has 5 nitrogen and oxygen atoms in total. The second kappa shape index (κ2) is 10.8. The fourth-order valence-electron chi connectivity index (χ4n) is 3.16. The second-order valence-electron chi connectivity index (χ2n) is 7.27. The number of halogens is 3. The van der Waals surface area contributed by atoms with Crippen molar-refractivity contribution in [3.8, 4) is 5.75 Å². The molecule has 3 aromatic carbocycles. The fourth-order valence-corrected chi connectivity index (χ4v) is 4.98. The molecule has 0 unspecified atom stereocenters. The monoisotopic (exact) mass is 575 g/mol. The Kier molecular flexibility index (Phi) is 7.78. The van der Waals surface area contributed by atoms with Gasteiger partial charge in [0.25, 0.3) is 11.1 Å². The predicted molar refractivity (Wildman–Crippen MR) is 138 cm³/mol. The highest BCUT2D eigenvalue weighted by Crippen LogP contribution is 2.34. The Morgan fingerprint density at radius 2 is 1.79 bits per heavy atom. The molecule has 1 saturated heterocycles. The molecular formula is C25H16BrCl2NO4S. The molecule has 0 radical (unpaired) electrons. The molecule has 34 heavy (non-hydrogen) atoms. The van der Waals surface area contributed by atoms with E-state index in [1.807, 2.05) is 0 Å². The number of Topliss-reactive ketones (excluding diaryl/α,β-unsaturated/α-hetero) is 1. The zero-order chi connectivity index (χ0) is 24.2. The third-order valence-corrected chi connectivity index (χ3v) is 7.04. The number of thioether (sulfide) groups is 1. The zero-order valence-electron chi connectivity index (χ0n) is 17.5. The lowest BCUT2D eigenvalue weighted by Crippen LogP contribution is -2.33. The molecule has 1 heterocycles. The molecule has 0 atom stereocenters. The number of amides is 2. The van der Waals surface area contributed by atoms with E-state index in [-0.39, 0.29) is 23.8 Å². The van der Waals surface area contributed by atoms with Gasteiger partial charge in [-0.15, -0.1) is 0 Å². The van der Waals surface area contributed by atoms with Crippen LogP contribution in [0.15, 0.2) is 76.1 Å². The van der Waals surface area contributed by atoms with E-state index in [9.17, 15) is 14.4 Å². The summed E-state index contributed by atoms with van der Waals surface area (Å²) in [5.41, 5.74) is 1.94. The minimum atomic E-state index is -0.492. The normalized spacial score (nSPS) is 14.7. The van der Waals surface area contributed by atoms with E-state index in [0.717, 1.165) is 22.2 Å². The molecule has 1 aliphatic heterocycles. The van der Waals surface area contributed by atoms with Gasteiger partial charge in [0.15, 0.2) is 5.78 Å². The van der Waals surface area contributed by atoms with E-state index in [1.165, 1.54) is 0 Å². The van der Waals surface area contributed by atoms with E-state index in [0.29, 0.717) is 31.4 Å². The Morgan fingerprint density at radius 1 is 1.03 bits per heavy atom. The maximum absolute atomic E-state index is 12.8. The van der Waals surface area contributed by atoms with Gasteiger partial charge in [-0.3, -0.25) is 19.3 Å². The van der Waals surface area contributed by atoms with Gasteiger partial charge >= 0.3 is 0 Å². The van der Waals surface area contributed by atoms with Gasteiger partial charge in [-0.2, -0.15) is 0 Å². The van der Waals surface area contributed by atoms with Crippen LogP contribution in [-0.4, -0.2) is 28.4 Å². The molecular weight excluding hydrogens is 561 g/mol. The first-order chi connectivity index (χ1) is 16.3. The second-order valence-corrected chi connectivity index (χ2v) is 9.96. The van der Waals surface area contributed by atoms with Crippen molar-refractivity contribution < 1.29 is 19.1 Å². The van der Waals surface area contributed by atoms with Gasteiger partial charge in [-0.25, -0.2) is 0 Å². The average molecular weight is 577 g/mol. The molecule has 0 saturated carbocycles. The Bertz CT molecular complexity index is 1310. The number of imide groups is 1. The van der Waals surface area contributed by atoms with Gasteiger partial charge in [0.05, 0.1) is 15.9 Å². The first kappa shape index (κ1) is 24.5. The number of ketones is 1. The van der Waals surface area contributed by atoms with Gasteiger partial charge in [0.2, 0.25) is 0 Å². The molecule has 172 valence electrons. The summed E-state index contributed by atoms with van der Waals surface area (Å²) in [6.45, 7) is -0.0436. The van der Waals surface area contributed by atoms with Gasteiger partial charge in [-0.1, -0.05) is 65.7 Å². The van der Waals surface area contributed by atoms with Crippen LogP contribution in [0.1, 0.15) is 21.5 Å². The van der Waals surface area contributed by atoms with Gasteiger partial charge in [-0.05, 0) is 63.6 Å². The molecule has 3 aromatic rings. The maximum Gasteiger partial charge on any atom is 0.293 e. The number of nitrogens with zero attached hydrogens (tertiary/aromatic N) is 1. The first-order valence-electron chi connectivity index (χ1n) is 10.0. The van der Waals surface area contributed by atoms with E-state index in [4.69, 9.17) is 27.9 Å². The number of benzene rings is 3. The lowest BCUT2D eigenvalue weighted by molar-refractivity contribution is -0.122. The lowest BCUT2D eigenvalue weighted by Gasteiger charge is -2.11. The van der Waals surface area contributed by atoms with Gasteiger partial charge in [0.1, 0.15) is 12.4 Å². The highest BCUT2D eigenvalue weighted by molar-refractivity contribution is 9.10. The number of hydrogen-bond acceptors (Lipinski definition) is 5. The fraction of sp³-hybridized carbons (Fsp3) is 0.0800. The summed E-state index contributed by atoms with van der Waals surface area (Å²) in [7, 11) is 0. The maximum atomic E-state index is 12.8. The van der Waals surface area contributed by atoms with Gasteiger partial charge in [0, 0.05) is 21.2 Å². The minimum Gasteiger partial charge on any atom is -0.488 e. The topological polar surface area (TPSA) is 63.7 Å². The van der Waals surface area contributed by atoms with Crippen molar-refractivity contribution in [3.05, 3.63) is 103 Å². The Balaban J connectivity index is 1.44. The quantitative estimate of drug-likeness (QED) is 0.219. The van der Waals surface area contributed by atoms with Crippen molar-refractivity contribution in [1.82, 2.24) is 4.90 Å². The van der Waals surface area contributed by atoms with Crippen LogP contribution in [-0.2, 0) is 11.4 Å². The van der Waals surface area contributed by atoms with E-state index in [1.54, 1.807) is 72.8 Å². The molecule has 0 bridgehead atoms. The Labute approximate surface area is 218 Å². The van der Waals surface area contributed by atoms with Crippen molar-refractivity contribution >= 4 is 73.9 Å². The van der Waals surface area contributed by atoms with E-state index >= 15 is 0 Å². The van der Waals surface area contributed by atoms with Crippen LogP contribution in [0.2, 0.25) is 10.0 Å². The summed E-state index contributed by atoms with van der Waals surface area (Å²) in [5.74, 6) is -0.202. The summed E-state index contributed by atoms with van der Waals surface area (Å²) in [6.07, 6.45) is 1.61. The van der Waals surface area contributed by atoms with Crippen LogP contribution < -0.4 is 4.74 Å². The number of carbonyl (C=O) groups excluding carboxylic acids is 3. The number of ether oxygens (including phenoxy) is 1. The number of carbonyl (C=O) groups is 3. The minimum absolute atomic E-state index is 0.249. The molecule has 0 N–H and O–H groups in total. The molecule has 0 aromatic heterocycles. The molecule has 0 spiro atoms. The van der Waals surface area contributed by atoms with Crippen LogP contribution >= 0.6 is 50.9 Å². The SMILES string of the molecule is O=C(CN1C(=O)S/C(=C/c2ccc(OCc3ccc(Cl)cc3Cl)c(Br)c2)C1=O)c1ccccc1. The first-order valence-corrected chi connectivity index (χ1v) is 12.4. The standard InChI is InChI=1S/C25H16BrCl2NO4S/c26-19-10-15(6-9-22(19)33-14-17-7-8-18(27)12-20(17)28)11-23-24(31)29(25(32)34-23)13-21(30)16-4-2-1-3-5-16/h1-12H,13-14H2/b23-11+. The molecule has 1 aliphatic rings. The highest BCUT2D eigenvalue weighted by Gasteiger charge is 2.36. The summed E-state index contributed by atoms with van der Waals surface area (Å²) >= 11 is 16.4. The highest BCUT2D eigenvalue weighted by atomic mass is 79.9. The summed E-state index contributed by atoms with van der Waals surface area (Å²) in [5, 5.41) is 0.592. The largest absolute Gasteiger partial charge is 0.488 e.